The second-order valence-electron chi connectivity index (χ2n) is 5.94. The number of aromatic nitrogens is 1. The summed E-state index contributed by atoms with van der Waals surface area (Å²) in [5, 5.41) is 2.81. The third-order valence-corrected chi connectivity index (χ3v) is 3.97. The number of sulfonamides is 1. The number of rotatable bonds is 2. The standard InChI is InChI=1S/C13H19N3O4S/c1-13(2,3)15-11(17)9-7-10-12(14-8-9)20-6-5-16(10)21(4,18)19/h7-8H,5-6H2,1-4H3,(H,15,17). The highest BCUT2D eigenvalue weighted by Gasteiger charge is 2.27. The second-order valence-corrected chi connectivity index (χ2v) is 7.84. The van der Waals surface area contributed by atoms with Crippen LogP contribution in [0.3, 0.4) is 0 Å². The van der Waals surface area contributed by atoms with E-state index < -0.39 is 10.0 Å². The molecule has 0 aliphatic carbocycles. The van der Waals surface area contributed by atoms with Crippen LogP contribution in [-0.4, -0.2) is 44.3 Å². The summed E-state index contributed by atoms with van der Waals surface area (Å²) in [5.74, 6) is -0.0872. The summed E-state index contributed by atoms with van der Waals surface area (Å²) < 4.78 is 30.1. The van der Waals surface area contributed by atoms with E-state index in [2.05, 4.69) is 10.3 Å². The van der Waals surface area contributed by atoms with Gasteiger partial charge in [0.25, 0.3) is 5.91 Å². The molecule has 0 aromatic carbocycles. The molecule has 116 valence electrons. The van der Waals surface area contributed by atoms with Gasteiger partial charge in [-0.25, -0.2) is 13.4 Å². The second kappa shape index (κ2) is 5.18. The number of carbonyl (C=O) groups is 1. The largest absolute Gasteiger partial charge is 0.474 e. The molecule has 1 aromatic heterocycles. The molecule has 2 rings (SSSR count). The van der Waals surface area contributed by atoms with E-state index in [-0.39, 0.29) is 30.5 Å². The monoisotopic (exact) mass is 313 g/mol. The van der Waals surface area contributed by atoms with Gasteiger partial charge in [0.1, 0.15) is 12.3 Å². The number of pyridine rings is 1. The lowest BCUT2D eigenvalue weighted by Crippen LogP contribution is -2.41. The summed E-state index contributed by atoms with van der Waals surface area (Å²) in [7, 11) is -3.44. The number of nitrogens with zero attached hydrogens (tertiary/aromatic N) is 2. The van der Waals surface area contributed by atoms with Gasteiger partial charge >= 0.3 is 0 Å². The van der Waals surface area contributed by atoms with Crippen molar-refractivity contribution in [2.75, 3.05) is 23.7 Å². The molecule has 21 heavy (non-hydrogen) atoms. The zero-order valence-electron chi connectivity index (χ0n) is 12.5. The first-order valence-electron chi connectivity index (χ1n) is 6.51. The average Bonchev–Trinajstić information content (AvgIpc) is 2.34. The first kappa shape index (κ1) is 15.6. The highest BCUT2D eigenvalue weighted by atomic mass is 32.2. The number of ether oxygens (including phenoxy) is 1. The van der Waals surface area contributed by atoms with Crippen LogP contribution in [0.25, 0.3) is 0 Å². The highest BCUT2D eigenvalue weighted by Crippen LogP contribution is 2.31. The van der Waals surface area contributed by atoms with Gasteiger partial charge in [0.2, 0.25) is 15.9 Å². The number of carbonyl (C=O) groups excluding carboxylic acids is 1. The maximum absolute atomic E-state index is 12.1. The van der Waals surface area contributed by atoms with Gasteiger partial charge in [-0.2, -0.15) is 0 Å². The lowest BCUT2D eigenvalue weighted by Gasteiger charge is -2.28. The van der Waals surface area contributed by atoms with E-state index in [0.717, 1.165) is 6.26 Å². The molecule has 0 unspecified atom stereocenters. The molecule has 0 radical (unpaired) electrons. The molecule has 2 heterocycles. The van der Waals surface area contributed by atoms with Gasteiger partial charge in [-0.1, -0.05) is 0 Å². The maximum atomic E-state index is 12.1. The lowest BCUT2D eigenvalue weighted by molar-refractivity contribution is 0.0919. The summed E-state index contributed by atoms with van der Waals surface area (Å²) in [4.78, 5) is 16.2. The molecule has 1 amide bonds. The highest BCUT2D eigenvalue weighted by molar-refractivity contribution is 7.92. The molecule has 1 aliphatic heterocycles. The normalized spacial score (nSPS) is 15.1. The van der Waals surface area contributed by atoms with Crippen molar-refractivity contribution in [1.82, 2.24) is 10.3 Å². The van der Waals surface area contributed by atoms with Crippen molar-refractivity contribution >= 4 is 21.6 Å². The molecule has 0 atom stereocenters. The predicted octanol–water partition coefficient (Wildman–Crippen LogP) is 0.768. The van der Waals surface area contributed by atoms with Crippen molar-refractivity contribution in [3.05, 3.63) is 17.8 Å². The summed E-state index contributed by atoms with van der Waals surface area (Å²) in [6.45, 7) is 6.03. The van der Waals surface area contributed by atoms with Crippen LogP contribution in [0.2, 0.25) is 0 Å². The molecule has 0 spiro atoms. The Labute approximate surface area is 124 Å². The number of hydrogen-bond donors (Lipinski definition) is 1. The molecule has 1 N–H and O–H groups in total. The van der Waals surface area contributed by atoms with E-state index in [1.54, 1.807) is 0 Å². The minimum absolute atomic E-state index is 0.206. The van der Waals surface area contributed by atoms with Crippen molar-refractivity contribution in [3.63, 3.8) is 0 Å². The Morgan fingerprint density at radius 1 is 1.43 bits per heavy atom. The molecule has 8 heteroatoms. The third-order valence-electron chi connectivity index (χ3n) is 2.79. The van der Waals surface area contributed by atoms with Gasteiger partial charge < -0.3 is 10.1 Å². The summed E-state index contributed by atoms with van der Waals surface area (Å²) in [5.41, 5.74) is 0.202. The number of anilines is 1. The summed E-state index contributed by atoms with van der Waals surface area (Å²) in [6, 6.07) is 1.49. The maximum Gasteiger partial charge on any atom is 0.253 e. The fourth-order valence-electron chi connectivity index (χ4n) is 1.96. The zero-order valence-corrected chi connectivity index (χ0v) is 13.3. The van der Waals surface area contributed by atoms with Crippen LogP contribution < -0.4 is 14.4 Å². The van der Waals surface area contributed by atoms with Gasteiger partial charge in [0.15, 0.2) is 0 Å². The Morgan fingerprint density at radius 2 is 2.10 bits per heavy atom. The molecular weight excluding hydrogens is 294 g/mol. The van der Waals surface area contributed by atoms with E-state index in [0.29, 0.717) is 11.3 Å². The van der Waals surface area contributed by atoms with E-state index in [9.17, 15) is 13.2 Å². The van der Waals surface area contributed by atoms with E-state index >= 15 is 0 Å². The van der Waals surface area contributed by atoms with Crippen LogP contribution in [0.5, 0.6) is 5.88 Å². The van der Waals surface area contributed by atoms with Gasteiger partial charge in [0, 0.05) is 11.7 Å². The first-order valence-corrected chi connectivity index (χ1v) is 8.36. The average molecular weight is 313 g/mol. The van der Waals surface area contributed by atoms with Gasteiger partial charge in [-0.3, -0.25) is 9.10 Å². The SMILES string of the molecule is CC(C)(C)NC(=O)c1cnc2c(c1)N(S(C)(=O)=O)CCO2. The van der Waals surface area contributed by atoms with Gasteiger partial charge in [-0.15, -0.1) is 0 Å². The third kappa shape index (κ3) is 3.63. The topological polar surface area (TPSA) is 88.6 Å². The molecule has 0 bridgehead atoms. The molecular formula is C13H19N3O4S. The zero-order chi connectivity index (χ0) is 15.8. The number of fused-ring (bicyclic) bond motifs is 1. The van der Waals surface area contributed by atoms with Crippen LogP contribution in [0.1, 0.15) is 31.1 Å². The van der Waals surface area contributed by atoms with Crippen molar-refractivity contribution in [2.45, 2.75) is 26.3 Å². The van der Waals surface area contributed by atoms with E-state index in [1.165, 1.54) is 16.6 Å². The number of hydrogen-bond acceptors (Lipinski definition) is 5. The van der Waals surface area contributed by atoms with Crippen molar-refractivity contribution < 1.29 is 17.9 Å². The molecule has 0 saturated carbocycles. The van der Waals surface area contributed by atoms with Crippen molar-refractivity contribution in [1.29, 1.82) is 0 Å². The minimum Gasteiger partial charge on any atom is -0.474 e. The Kier molecular flexibility index (Phi) is 3.83. The Hall–Kier alpha value is -1.83. The van der Waals surface area contributed by atoms with Gasteiger partial charge in [-0.05, 0) is 26.8 Å². The van der Waals surface area contributed by atoms with Crippen LogP contribution in [-0.2, 0) is 10.0 Å². The van der Waals surface area contributed by atoms with E-state index in [4.69, 9.17) is 4.74 Å². The smallest absolute Gasteiger partial charge is 0.253 e. The Bertz CT molecular complexity index is 664. The first-order chi connectivity index (χ1) is 9.58. The molecule has 0 fully saturated rings. The number of nitrogens with one attached hydrogen (secondary N) is 1. The Balaban J connectivity index is 2.39. The molecule has 1 aliphatic rings. The van der Waals surface area contributed by atoms with Crippen LogP contribution in [0, 0.1) is 0 Å². The fourth-order valence-corrected chi connectivity index (χ4v) is 2.85. The Morgan fingerprint density at radius 3 is 2.67 bits per heavy atom. The van der Waals surface area contributed by atoms with Crippen LogP contribution in [0.4, 0.5) is 5.69 Å². The van der Waals surface area contributed by atoms with Crippen molar-refractivity contribution in [3.8, 4) is 5.88 Å². The lowest BCUT2D eigenvalue weighted by atomic mass is 10.1. The quantitative estimate of drug-likeness (QED) is 0.871. The van der Waals surface area contributed by atoms with E-state index in [1.807, 2.05) is 20.8 Å². The fraction of sp³-hybridized carbons (Fsp3) is 0.538. The summed E-state index contributed by atoms with van der Waals surface area (Å²) >= 11 is 0. The van der Waals surface area contributed by atoms with Crippen LogP contribution in [0.15, 0.2) is 12.3 Å². The van der Waals surface area contributed by atoms with Crippen LogP contribution >= 0.6 is 0 Å². The minimum atomic E-state index is -3.44. The number of amides is 1. The summed E-state index contributed by atoms with van der Waals surface area (Å²) in [6.07, 6.45) is 2.50. The molecule has 7 nitrogen and oxygen atoms in total. The van der Waals surface area contributed by atoms with Crippen molar-refractivity contribution in [2.24, 2.45) is 0 Å². The van der Waals surface area contributed by atoms with Gasteiger partial charge in [0.05, 0.1) is 18.4 Å². The molecule has 0 saturated heterocycles. The molecule has 1 aromatic rings. The predicted molar refractivity (Wildman–Crippen MR) is 79.1 cm³/mol.